The van der Waals surface area contributed by atoms with E-state index in [2.05, 4.69) is 5.16 Å². The van der Waals surface area contributed by atoms with Crippen LogP contribution in [0, 0.1) is 0 Å². The first-order valence-corrected chi connectivity index (χ1v) is 8.06. The van der Waals surface area contributed by atoms with Gasteiger partial charge < -0.3 is 14.0 Å². The Labute approximate surface area is 149 Å². The molecule has 0 saturated carbocycles. The number of fused-ring (bicyclic) bond motifs is 1. The first-order chi connectivity index (χ1) is 12.8. The van der Waals surface area contributed by atoms with Crippen LogP contribution in [0.1, 0.15) is 10.4 Å². The molecule has 5 nitrogen and oxygen atoms in total. The molecule has 4 aromatic rings. The van der Waals surface area contributed by atoms with Gasteiger partial charge in [0.1, 0.15) is 22.8 Å². The van der Waals surface area contributed by atoms with Gasteiger partial charge in [-0.2, -0.15) is 0 Å². The van der Waals surface area contributed by atoms with E-state index >= 15 is 0 Å². The van der Waals surface area contributed by atoms with Crippen LogP contribution < -0.4 is 9.47 Å². The Morgan fingerprint density at radius 2 is 1.73 bits per heavy atom. The summed E-state index contributed by atoms with van der Waals surface area (Å²) >= 11 is 0. The molecule has 0 spiro atoms. The lowest BCUT2D eigenvalue weighted by Gasteiger charge is -2.08. The number of methoxy groups -OCH3 is 1. The quantitative estimate of drug-likeness (QED) is 0.395. The van der Waals surface area contributed by atoms with Crippen molar-refractivity contribution < 1.29 is 18.8 Å². The van der Waals surface area contributed by atoms with Crippen LogP contribution in [0.15, 0.2) is 77.3 Å². The lowest BCUT2D eigenvalue weighted by molar-refractivity contribution is 0.0731. The molecule has 128 valence electrons. The highest BCUT2D eigenvalue weighted by Crippen LogP contribution is 2.30. The Bertz CT molecular complexity index is 1070. The summed E-state index contributed by atoms with van der Waals surface area (Å²) in [6.07, 6.45) is 0. The van der Waals surface area contributed by atoms with Crippen LogP contribution in [-0.2, 0) is 0 Å². The number of esters is 1. The predicted octanol–water partition coefficient (Wildman–Crippen LogP) is 4.72. The molecule has 0 fully saturated rings. The molecule has 4 rings (SSSR count). The van der Waals surface area contributed by atoms with E-state index in [0.717, 1.165) is 16.6 Å². The molecule has 0 aliphatic carbocycles. The van der Waals surface area contributed by atoms with E-state index in [9.17, 15) is 4.79 Å². The van der Waals surface area contributed by atoms with Crippen molar-refractivity contribution in [1.82, 2.24) is 5.16 Å². The molecule has 0 N–H and O–H groups in total. The van der Waals surface area contributed by atoms with Gasteiger partial charge >= 0.3 is 5.97 Å². The van der Waals surface area contributed by atoms with Gasteiger partial charge in [-0.05, 0) is 24.3 Å². The first kappa shape index (κ1) is 15.9. The third-order valence-electron chi connectivity index (χ3n) is 4.03. The minimum absolute atomic E-state index is 0.359. The van der Waals surface area contributed by atoms with Gasteiger partial charge in [0.05, 0.1) is 7.11 Å². The van der Waals surface area contributed by atoms with Crippen molar-refractivity contribution in [2.24, 2.45) is 0 Å². The minimum Gasteiger partial charge on any atom is -0.496 e. The van der Waals surface area contributed by atoms with E-state index in [4.69, 9.17) is 14.0 Å². The Kier molecular flexibility index (Phi) is 4.11. The molecule has 5 heteroatoms. The standard InChI is InChI=1S/C21H15NO4/c1-24-18-10-6-5-9-17(18)21(23)25-15-11-12-16-19(13-15)26-22-20(16)14-7-3-2-4-8-14/h2-13H,1H3. The molecule has 1 heterocycles. The predicted molar refractivity (Wildman–Crippen MR) is 97.4 cm³/mol. The fourth-order valence-corrected chi connectivity index (χ4v) is 2.76. The highest BCUT2D eigenvalue weighted by Gasteiger charge is 2.16. The van der Waals surface area contributed by atoms with Crippen molar-refractivity contribution in [1.29, 1.82) is 0 Å². The van der Waals surface area contributed by atoms with E-state index in [0.29, 0.717) is 22.6 Å². The van der Waals surface area contributed by atoms with Gasteiger partial charge in [-0.1, -0.05) is 47.6 Å². The lowest BCUT2D eigenvalue weighted by Crippen LogP contribution is -2.09. The maximum absolute atomic E-state index is 12.4. The Morgan fingerprint density at radius 1 is 0.962 bits per heavy atom. The van der Waals surface area contributed by atoms with Crippen LogP contribution in [0.2, 0.25) is 0 Å². The number of nitrogens with zero attached hydrogens (tertiary/aromatic N) is 1. The van der Waals surface area contributed by atoms with E-state index in [1.807, 2.05) is 36.4 Å². The normalized spacial score (nSPS) is 10.7. The molecule has 0 saturated heterocycles. The van der Waals surface area contributed by atoms with Crippen molar-refractivity contribution in [2.45, 2.75) is 0 Å². The van der Waals surface area contributed by atoms with Gasteiger partial charge in [0.2, 0.25) is 0 Å². The summed E-state index contributed by atoms with van der Waals surface area (Å²) in [4.78, 5) is 12.4. The van der Waals surface area contributed by atoms with Crippen molar-refractivity contribution >= 4 is 16.9 Å². The van der Waals surface area contributed by atoms with Gasteiger partial charge in [0, 0.05) is 17.0 Å². The van der Waals surface area contributed by atoms with Crippen LogP contribution in [0.25, 0.3) is 22.2 Å². The van der Waals surface area contributed by atoms with Gasteiger partial charge in [-0.15, -0.1) is 0 Å². The Morgan fingerprint density at radius 3 is 2.54 bits per heavy atom. The second-order valence-electron chi connectivity index (χ2n) is 5.64. The average Bonchev–Trinajstić information content (AvgIpc) is 3.12. The SMILES string of the molecule is COc1ccccc1C(=O)Oc1ccc2c(-c3ccccc3)noc2c1. The van der Waals surface area contributed by atoms with Crippen molar-refractivity contribution in [3.63, 3.8) is 0 Å². The van der Waals surface area contributed by atoms with E-state index in [1.165, 1.54) is 7.11 Å². The number of ether oxygens (including phenoxy) is 2. The molecule has 0 atom stereocenters. The highest BCUT2D eigenvalue weighted by atomic mass is 16.5. The number of hydrogen-bond donors (Lipinski definition) is 0. The highest BCUT2D eigenvalue weighted by molar-refractivity contribution is 5.95. The van der Waals surface area contributed by atoms with Crippen molar-refractivity contribution in [3.05, 3.63) is 78.4 Å². The summed E-state index contributed by atoms with van der Waals surface area (Å²) in [6.45, 7) is 0. The van der Waals surface area contributed by atoms with Gasteiger partial charge in [-0.3, -0.25) is 0 Å². The number of benzene rings is 3. The molecule has 0 aliphatic rings. The molecule has 26 heavy (non-hydrogen) atoms. The number of carbonyl (C=O) groups is 1. The summed E-state index contributed by atoms with van der Waals surface area (Å²) < 4.78 is 16.1. The van der Waals surface area contributed by atoms with Gasteiger partial charge in [-0.25, -0.2) is 4.79 Å². The summed E-state index contributed by atoms with van der Waals surface area (Å²) in [7, 11) is 1.51. The molecule has 0 bridgehead atoms. The molecule has 0 amide bonds. The van der Waals surface area contributed by atoms with Crippen LogP contribution in [0.4, 0.5) is 0 Å². The first-order valence-electron chi connectivity index (χ1n) is 8.06. The van der Waals surface area contributed by atoms with Gasteiger partial charge in [0.25, 0.3) is 0 Å². The monoisotopic (exact) mass is 345 g/mol. The second-order valence-corrected chi connectivity index (χ2v) is 5.64. The van der Waals surface area contributed by atoms with Gasteiger partial charge in [0.15, 0.2) is 5.58 Å². The Hall–Kier alpha value is -3.60. The van der Waals surface area contributed by atoms with E-state index < -0.39 is 5.97 Å². The molecule has 0 aliphatic heterocycles. The second kappa shape index (κ2) is 6.72. The van der Waals surface area contributed by atoms with E-state index in [-0.39, 0.29) is 0 Å². The summed E-state index contributed by atoms with van der Waals surface area (Å²) in [5, 5.41) is 4.99. The molecule has 0 radical (unpaired) electrons. The molecule has 3 aromatic carbocycles. The van der Waals surface area contributed by atoms with Crippen LogP contribution in [0.3, 0.4) is 0 Å². The zero-order chi connectivity index (χ0) is 17.9. The third-order valence-corrected chi connectivity index (χ3v) is 4.03. The lowest BCUT2D eigenvalue weighted by atomic mass is 10.1. The minimum atomic E-state index is -0.496. The fourth-order valence-electron chi connectivity index (χ4n) is 2.76. The fraction of sp³-hybridized carbons (Fsp3) is 0.0476. The number of para-hydroxylation sites is 1. The topological polar surface area (TPSA) is 61.6 Å². The van der Waals surface area contributed by atoms with Crippen LogP contribution in [-0.4, -0.2) is 18.2 Å². The summed E-state index contributed by atoms with van der Waals surface area (Å²) in [5.74, 6) is 0.346. The summed E-state index contributed by atoms with van der Waals surface area (Å²) in [5.41, 5.74) is 2.63. The van der Waals surface area contributed by atoms with E-state index in [1.54, 1.807) is 36.4 Å². The number of aromatic nitrogens is 1. The number of hydrogen-bond acceptors (Lipinski definition) is 5. The molecular weight excluding hydrogens is 330 g/mol. The maximum Gasteiger partial charge on any atom is 0.347 e. The number of rotatable bonds is 4. The van der Waals surface area contributed by atoms with Crippen LogP contribution in [0.5, 0.6) is 11.5 Å². The summed E-state index contributed by atoms with van der Waals surface area (Å²) in [6, 6.07) is 21.9. The van der Waals surface area contributed by atoms with Crippen LogP contribution >= 0.6 is 0 Å². The molecule has 1 aromatic heterocycles. The average molecular weight is 345 g/mol. The van der Waals surface area contributed by atoms with Crippen molar-refractivity contribution in [3.8, 4) is 22.8 Å². The smallest absolute Gasteiger partial charge is 0.347 e. The largest absolute Gasteiger partial charge is 0.496 e. The molecular formula is C21H15NO4. The maximum atomic E-state index is 12.4. The zero-order valence-corrected chi connectivity index (χ0v) is 14.0. The van der Waals surface area contributed by atoms with Crippen molar-refractivity contribution in [2.75, 3.05) is 7.11 Å². The third kappa shape index (κ3) is 2.91. The number of carbonyl (C=O) groups excluding carboxylic acids is 1. The molecule has 0 unspecified atom stereocenters. The Balaban J connectivity index is 1.63. The zero-order valence-electron chi connectivity index (χ0n) is 14.0.